The number of methoxy groups -OCH3 is 1. The summed E-state index contributed by atoms with van der Waals surface area (Å²) in [6.45, 7) is 4.98. The zero-order valence-electron chi connectivity index (χ0n) is 17.2. The maximum atomic E-state index is 12.1. The number of rotatable bonds is 7. The van der Waals surface area contributed by atoms with Crippen molar-refractivity contribution >= 4 is 17.8 Å². The van der Waals surface area contributed by atoms with Crippen LogP contribution in [0.25, 0.3) is 0 Å². The number of nitrogens with one attached hydrogen (secondary N) is 2. The van der Waals surface area contributed by atoms with Gasteiger partial charge in [0.25, 0.3) is 5.91 Å². The van der Waals surface area contributed by atoms with Gasteiger partial charge in [-0.3, -0.25) is 14.6 Å². The smallest absolute Gasteiger partial charge is 0.308 e. The minimum absolute atomic E-state index is 0.0182. The third-order valence-corrected chi connectivity index (χ3v) is 5.02. The van der Waals surface area contributed by atoms with E-state index in [2.05, 4.69) is 27.4 Å². The van der Waals surface area contributed by atoms with Crippen molar-refractivity contribution in [1.82, 2.24) is 15.5 Å². The number of hydrogen-bond donors (Lipinski definition) is 2. The van der Waals surface area contributed by atoms with Crippen LogP contribution >= 0.6 is 0 Å². The number of nitrogens with zero attached hydrogens (tertiary/aromatic N) is 2. The van der Waals surface area contributed by atoms with Gasteiger partial charge in [-0.25, -0.2) is 0 Å². The highest BCUT2D eigenvalue weighted by atomic mass is 16.5. The number of likely N-dealkylation sites (tertiary alicyclic amines) is 1. The molecule has 1 heterocycles. The molecule has 0 bridgehead atoms. The van der Waals surface area contributed by atoms with Gasteiger partial charge >= 0.3 is 5.97 Å². The molecule has 1 aromatic rings. The largest absolute Gasteiger partial charge is 0.469 e. The van der Waals surface area contributed by atoms with Crippen LogP contribution in [0.2, 0.25) is 0 Å². The Kier molecular flexibility index (Phi) is 8.78. The molecule has 1 fully saturated rings. The first-order chi connectivity index (χ1) is 13.6. The van der Waals surface area contributed by atoms with E-state index in [9.17, 15) is 9.59 Å². The summed E-state index contributed by atoms with van der Waals surface area (Å²) in [4.78, 5) is 30.2. The molecule has 0 aliphatic carbocycles. The van der Waals surface area contributed by atoms with Crippen LogP contribution in [0.5, 0.6) is 0 Å². The molecule has 7 nitrogen and oxygen atoms in total. The summed E-state index contributed by atoms with van der Waals surface area (Å²) in [5.74, 6) is 0.652. The molecule has 0 atom stereocenters. The number of carbonyl (C=O) groups excluding carboxylic acids is 2. The molecule has 1 aromatic carbocycles. The van der Waals surface area contributed by atoms with Crippen molar-refractivity contribution in [2.75, 3.05) is 33.8 Å². The Balaban J connectivity index is 1.82. The van der Waals surface area contributed by atoms with Gasteiger partial charge in [-0.1, -0.05) is 25.5 Å². The van der Waals surface area contributed by atoms with Gasteiger partial charge < -0.3 is 20.3 Å². The molecular weight excluding hydrogens is 356 g/mol. The second-order valence-electron chi connectivity index (χ2n) is 6.99. The minimum Gasteiger partial charge on any atom is -0.469 e. The summed E-state index contributed by atoms with van der Waals surface area (Å²) in [6.07, 6.45) is 3.60. The van der Waals surface area contributed by atoms with E-state index in [0.29, 0.717) is 18.7 Å². The van der Waals surface area contributed by atoms with Gasteiger partial charge in [-0.2, -0.15) is 0 Å². The van der Waals surface area contributed by atoms with Crippen LogP contribution in [0.3, 0.4) is 0 Å². The molecule has 154 valence electrons. The molecule has 2 rings (SSSR count). The molecule has 1 amide bonds. The van der Waals surface area contributed by atoms with E-state index in [1.807, 2.05) is 24.3 Å². The molecule has 1 aliphatic rings. The van der Waals surface area contributed by atoms with Gasteiger partial charge in [0.1, 0.15) is 0 Å². The lowest BCUT2D eigenvalue weighted by Gasteiger charge is -2.33. The van der Waals surface area contributed by atoms with Crippen molar-refractivity contribution in [1.29, 1.82) is 0 Å². The lowest BCUT2D eigenvalue weighted by atomic mass is 9.97. The first-order valence-corrected chi connectivity index (χ1v) is 9.99. The predicted molar refractivity (Wildman–Crippen MR) is 110 cm³/mol. The Morgan fingerprint density at radius 3 is 2.43 bits per heavy atom. The number of carbonyl (C=O) groups is 2. The van der Waals surface area contributed by atoms with Crippen LogP contribution < -0.4 is 10.6 Å². The van der Waals surface area contributed by atoms with Crippen molar-refractivity contribution in [3.05, 3.63) is 35.4 Å². The van der Waals surface area contributed by atoms with Crippen LogP contribution in [0, 0.1) is 5.92 Å². The quantitative estimate of drug-likeness (QED) is 0.324. The number of guanidine groups is 1. The number of unbranched alkanes of at least 4 members (excludes halogenated alkanes) is 1. The maximum absolute atomic E-state index is 12.1. The number of ether oxygens (including phenoxy) is 1. The van der Waals surface area contributed by atoms with Gasteiger partial charge in [0, 0.05) is 38.8 Å². The normalized spacial score (nSPS) is 15.2. The van der Waals surface area contributed by atoms with Gasteiger partial charge in [0.05, 0.1) is 13.0 Å². The minimum atomic E-state index is -0.124. The van der Waals surface area contributed by atoms with Crippen LogP contribution in [-0.2, 0) is 16.1 Å². The molecule has 1 aliphatic heterocycles. The fraction of sp³-hybridized carbons (Fsp3) is 0.571. The predicted octanol–water partition coefficient (Wildman–Crippen LogP) is 2.18. The zero-order valence-corrected chi connectivity index (χ0v) is 17.2. The average Bonchev–Trinajstić information content (AvgIpc) is 2.74. The SMILES string of the molecule is CCCCNC(=O)c1ccc(CNC(=NC)N2CCC(C(=O)OC)CC2)cc1. The fourth-order valence-electron chi connectivity index (χ4n) is 3.26. The topological polar surface area (TPSA) is 83.0 Å². The Morgan fingerprint density at radius 2 is 1.86 bits per heavy atom. The summed E-state index contributed by atoms with van der Waals surface area (Å²) in [5.41, 5.74) is 1.75. The van der Waals surface area contributed by atoms with Crippen molar-refractivity contribution < 1.29 is 14.3 Å². The lowest BCUT2D eigenvalue weighted by Crippen LogP contribution is -2.46. The maximum Gasteiger partial charge on any atom is 0.308 e. The van der Waals surface area contributed by atoms with Crippen LogP contribution in [-0.4, -0.2) is 56.5 Å². The molecule has 7 heteroatoms. The van der Waals surface area contributed by atoms with Crippen molar-refractivity contribution in [2.24, 2.45) is 10.9 Å². The van der Waals surface area contributed by atoms with E-state index in [-0.39, 0.29) is 17.8 Å². The third kappa shape index (κ3) is 6.25. The van der Waals surface area contributed by atoms with E-state index in [4.69, 9.17) is 4.74 Å². The van der Waals surface area contributed by atoms with Crippen molar-refractivity contribution in [3.8, 4) is 0 Å². The highest BCUT2D eigenvalue weighted by Gasteiger charge is 2.26. The highest BCUT2D eigenvalue weighted by Crippen LogP contribution is 2.18. The summed E-state index contributed by atoms with van der Waals surface area (Å²) in [6, 6.07) is 7.61. The zero-order chi connectivity index (χ0) is 20.4. The molecule has 0 unspecified atom stereocenters. The number of amides is 1. The Bertz CT molecular complexity index is 665. The fourth-order valence-corrected chi connectivity index (χ4v) is 3.26. The number of esters is 1. The van der Waals surface area contributed by atoms with E-state index in [1.54, 1.807) is 7.05 Å². The monoisotopic (exact) mass is 388 g/mol. The van der Waals surface area contributed by atoms with E-state index in [1.165, 1.54) is 7.11 Å². The highest BCUT2D eigenvalue weighted by molar-refractivity contribution is 5.94. The molecule has 0 saturated carbocycles. The third-order valence-electron chi connectivity index (χ3n) is 5.02. The Morgan fingerprint density at radius 1 is 1.18 bits per heavy atom. The van der Waals surface area contributed by atoms with Crippen LogP contribution in [0.15, 0.2) is 29.3 Å². The van der Waals surface area contributed by atoms with Gasteiger partial charge in [-0.15, -0.1) is 0 Å². The molecular formula is C21H32N4O3. The van der Waals surface area contributed by atoms with Gasteiger partial charge in [0.2, 0.25) is 0 Å². The van der Waals surface area contributed by atoms with Gasteiger partial charge in [-0.05, 0) is 37.0 Å². The second-order valence-corrected chi connectivity index (χ2v) is 6.99. The number of piperidine rings is 1. The standard InChI is InChI=1S/C21H32N4O3/c1-4-5-12-23-19(26)17-8-6-16(7-9-17)15-24-21(22-2)25-13-10-18(11-14-25)20(27)28-3/h6-9,18H,4-5,10-15H2,1-3H3,(H,22,24)(H,23,26). The Labute approximate surface area is 167 Å². The lowest BCUT2D eigenvalue weighted by molar-refractivity contribution is -0.146. The molecule has 28 heavy (non-hydrogen) atoms. The first-order valence-electron chi connectivity index (χ1n) is 9.99. The molecule has 2 N–H and O–H groups in total. The van der Waals surface area contributed by atoms with Crippen LogP contribution in [0.1, 0.15) is 48.5 Å². The summed E-state index contributed by atoms with van der Waals surface area (Å²) in [5, 5.41) is 6.29. The molecule has 1 saturated heterocycles. The number of hydrogen-bond acceptors (Lipinski definition) is 4. The number of benzene rings is 1. The van der Waals surface area contributed by atoms with E-state index in [0.717, 1.165) is 50.3 Å². The molecule has 0 spiro atoms. The second kappa shape index (κ2) is 11.3. The van der Waals surface area contributed by atoms with Crippen LogP contribution in [0.4, 0.5) is 0 Å². The van der Waals surface area contributed by atoms with Crippen molar-refractivity contribution in [3.63, 3.8) is 0 Å². The molecule has 0 aromatic heterocycles. The summed E-state index contributed by atoms with van der Waals surface area (Å²) >= 11 is 0. The molecule has 0 radical (unpaired) electrons. The first kappa shape index (κ1) is 21.7. The van der Waals surface area contributed by atoms with Gasteiger partial charge in [0.15, 0.2) is 5.96 Å². The van der Waals surface area contributed by atoms with E-state index < -0.39 is 0 Å². The average molecular weight is 389 g/mol. The number of aliphatic imine (C=N–C) groups is 1. The summed E-state index contributed by atoms with van der Waals surface area (Å²) in [7, 11) is 3.20. The summed E-state index contributed by atoms with van der Waals surface area (Å²) < 4.78 is 4.84. The Hall–Kier alpha value is -2.57. The van der Waals surface area contributed by atoms with Crippen molar-refractivity contribution in [2.45, 2.75) is 39.2 Å². The van der Waals surface area contributed by atoms with E-state index >= 15 is 0 Å².